The fourth-order valence-corrected chi connectivity index (χ4v) is 5.46. The standard InChI is InChI=1S/C17H24/c1-2-6-14-12(4-1)8-10-17-15-7-3-5-13(15)9-11-16(14)17/h1,4,13,15-17H,2-3,5-11H2/t13-,15+,16+,17-/m0/s1. The van der Waals surface area contributed by atoms with E-state index in [4.69, 9.17) is 0 Å². The van der Waals surface area contributed by atoms with Crippen LogP contribution in [-0.2, 0) is 0 Å². The Morgan fingerprint density at radius 1 is 0.882 bits per heavy atom. The SMILES string of the molecule is C1=CC2=C(CC1)[C@H]1CC[C@@H]3CCC[C@H]3[C@@H]1CC2. The minimum atomic E-state index is 1.00. The molecule has 4 aliphatic rings. The van der Waals surface area contributed by atoms with E-state index in [-0.39, 0.29) is 0 Å². The van der Waals surface area contributed by atoms with E-state index in [0.29, 0.717) is 0 Å². The molecule has 17 heavy (non-hydrogen) atoms. The summed E-state index contributed by atoms with van der Waals surface area (Å²) in [6.07, 6.45) is 18.2. The average molecular weight is 228 g/mol. The number of allylic oxidation sites excluding steroid dienone is 4. The Labute approximate surface area is 105 Å². The van der Waals surface area contributed by atoms with Crippen LogP contribution in [0.2, 0.25) is 0 Å². The molecule has 0 N–H and O–H groups in total. The topological polar surface area (TPSA) is 0 Å². The summed E-state index contributed by atoms with van der Waals surface area (Å²) in [5.74, 6) is 4.33. The van der Waals surface area contributed by atoms with Gasteiger partial charge in [0.15, 0.2) is 0 Å². The normalized spacial score (nSPS) is 44.2. The lowest BCUT2D eigenvalue weighted by Gasteiger charge is -2.45. The maximum Gasteiger partial charge on any atom is -0.0166 e. The van der Waals surface area contributed by atoms with Crippen molar-refractivity contribution in [3.8, 4) is 0 Å². The Bertz CT molecular complexity index is 373. The summed E-state index contributed by atoms with van der Waals surface area (Å²) in [5, 5.41) is 0. The molecule has 0 aromatic rings. The van der Waals surface area contributed by atoms with Gasteiger partial charge in [-0.1, -0.05) is 30.6 Å². The largest absolute Gasteiger partial charge is 0.0839 e. The van der Waals surface area contributed by atoms with Crippen LogP contribution in [0, 0.1) is 23.7 Å². The van der Waals surface area contributed by atoms with Crippen molar-refractivity contribution in [2.24, 2.45) is 23.7 Å². The minimum absolute atomic E-state index is 1.00. The van der Waals surface area contributed by atoms with Gasteiger partial charge in [0.2, 0.25) is 0 Å². The van der Waals surface area contributed by atoms with E-state index in [1.165, 1.54) is 38.5 Å². The molecule has 0 bridgehead atoms. The maximum atomic E-state index is 2.45. The van der Waals surface area contributed by atoms with Gasteiger partial charge in [-0.05, 0) is 74.2 Å². The Morgan fingerprint density at radius 3 is 2.88 bits per heavy atom. The Balaban J connectivity index is 1.66. The molecule has 0 aromatic carbocycles. The molecule has 0 heteroatoms. The second-order valence-corrected chi connectivity index (χ2v) is 6.73. The van der Waals surface area contributed by atoms with Crippen LogP contribution in [0.4, 0.5) is 0 Å². The number of rotatable bonds is 0. The summed E-state index contributed by atoms with van der Waals surface area (Å²) in [5.41, 5.74) is 3.64. The predicted molar refractivity (Wildman–Crippen MR) is 71.7 cm³/mol. The maximum absolute atomic E-state index is 2.45. The third-order valence-corrected chi connectivity index (χ3v) is 6.14. The number of hydrogen-bond donors (Lipinski definition) is 0. The van der Waals surface area contributed by atoms with Gasteiger partial charge in [0, 0.05) is 0 Å². The van der Waals surface area contributed by atoms with Crippen LogP contribution >= 0.6 is 0 Å². The van der Waals surface area contributed by atoms with Crippen molar-refractivity contribution in [3.05, 3.63) is 23.3 Å². The van der Waals surface area contributed by atoms with Crippen LogP contribution in [0.5, 0.6) is 0 Å². The molecule has 2 fully saturated rings. The van der Waals surface area contributed by atoms with Gasteiger partial charge >= 0.3 is 0 Å². The molecular formula is C17H24. The minimum Gasteiger partial charge on any atom is -0.0839 e. The Hall–Kier alpha value is -0.520. The van der Waals surface area contributed by atoms with Gasteiger partial charge in [-0.25, -0.2) is 0 Å². The lowest BCUT2D eigenvalue weighted by Crippen LogP contribution is -2.35. The van der Waals surface area contributed by atoms with Gasteiger partial charge in [0.1, 0.15) is 0 Å². The molecule has 0 spiro atoms. The van der Waals surface area contributed by atoms with E-state index in [0.717, 1.165) is 23.7 Å². The van der Waals surface area contributed by atoms with Gasteiger partial charge in [-0.15, -0.1) is 0 Å². The van der Waals surface area contributed by atoms with Crippen LogP contribution in [0.15, 0.2) is 23.3 Å². The van der Waals surface area contributed by atoms with Crippen LogP contribution in [0.1, 0.15) is 57.8 Å². The highest BCUT2D eigenvalue weighted by Gasteiger charge is 2.44. The zero-order valence-corrected chi connectivity index (χ0v) is 10.8. The summed E-state index contributed by atoms with van der Waals surface area (Å²) in [7, 11) is 0. The van der Waals surface area contributed by atoms with E-state index in [1.54, 1.807) is 24.8 Å². The fourth-order valence-electron chi connectivity index (χ4n) is 5.46. The number of fused-ring (bicyclic) bond motifs is 4. The smallest absolute Gasteiger partial charge is 0.0166 e. The van der Waals surface area contributed by atoms with Crippen LogP contribution < -0.4 is 0 Å². The molecule has 0 aromatic heterocycles. The molecule has 0 radical (unpaired) electrons. The van der Waals surface area contributed by atoms with Crippen LogP contribution in [0.25, 0.3) is 0 Å². The van der Waals surface area contributed by atoms with E-state index >= 15 is 0 Å². The first kappa shape index (κ1) is 10.4. The van der Waals surface area contributed by atoms with Gasteiger partial charge in [0.05, 0.1) is 0 Å². The first-order valence-electron chi connectivity index (χ1n) is 7.82. The van der Waals surface area contributed by atoms with Gasteiger partial charge in [0.25, 0.3) is 0 Å². The molecular weight excluding hydrogens is 204 g/mol. The van der Waals surface area contributed by atoms with Gasteiger partial charge in [-0.3, -0.25) is 0 Å². The van der Waals surface area contributed by atoms with E-state index < -0.39 is 0 Å². The molecule has 2 saturated carbocycles. The highest BCUT2D eigenvalue weighted by atomic mass is 14.5. The summed E-state index contributed by atoms with van der Waals surface area (Å²) in [6, 6.07) is 0. The van der Waals surface area contributed by atoms with Crippen molar-refractivity contribution in [1.29, 1.82) is 0 Å². The van der Waals surface area contributed by atoms with E-state index in [9.17, 15) is 0 Å². The van der Waals surface area contributed by atoms with Gasteiger partial charge in [-0.2, -0.15) is 0 Å². The van der Waals surface area contributed by atoms with Crippen molar-refractivity contribution in [2.45, 2.75) is 57.8 Å². The second-order valence-electron chi connectivity index (χ2n) is 6.73. The monoisotopic (exact) mass is 228 g/mol. The quantitative estimate of drug-likeness (QED) is 0.555. The summed E-state index contributed by atoms with van der Waals surface area (Å²) < 4.78 is 0. The van der Waals surface area contributed by atoms with Crippen molar-refractivity contribution in [3.63, 3.8) is 0 Å². The van der Waals surface area contributed by atoms with Crippen LogP contribution in [-0.4, -0.2) is 0 Å². The predicted octanol–water partition coefficient (Wildman–Crippen LogP) is 4.87. The lowest BCUT2D eigenvalue weighted by atomic mass is 9.60. The third kappa shape index (κ3) is 1.56. The lowest BCUT2D eigenvalue weighted by molar-refractivity contribution is 0.113. The van der Waals surface area contributed by atoms with E-state index in [1.807, 2.05) is 5.57 Å². The zero-order chi connectivity index (χ0) is 11.2. The van der Waals surface area contributed by atoms with Crippen molar-refractivity contribution in [2.75, 3.05) is 0 Å². The van der Waals surface area contributed by atoms with Crippen molar-refractivity contribution in [1.82, 2.24) is 0 Å². The summed E-state index contributed by atoms with van der Waals surface area (Å²) in [4.78, 5) is 0. The molecule has 92 valence electrons. The molecule has 0 unspecified atom stereocenters. The number of hydrogen-bond acceptors (Lipinski definition) is 0. The van der Waals surface area contributed by atoms with Gasteiger partial charge < -0.3 is 0 Å². The molecule has 0 aliphatic heterocycles. The molecule has 4 rings (SSSR count). The first-order valence-corrected chi connectivity index (χ1v) is 7.82. The highest BCUT2D eigenvalue weighted by Crippen LogP contribution is 2.55. The molecule has 0 amide bonds. The molecule has 0 nitrogen and oxygen atoms in total. The summed E-state index contributed by atoms with van der Waals surface area (Å²) in [6.45, 7) is 0. The zero-order valence-electron chi connectivity index (χ0n) is 10.8. The van der Waals surface area contributed by atoms with Crippen LogP contribution in [0.3, 0.4) is 0 Å². The molecule has 0 heterocycles. The third-order valence-electron chi connectivity index (χ3n) is 6.14. The first-order chi connectivity index (χ1) is 8.43. The highest BCUT2D eigenvalue weighted by molar-refractivity contribution is 5.34. The Kier molecular flexibility index (Phi) is 2.45. The second kappa shape index (κ2) is 4.00. The summed E-state index contributed by atoms with van der Waals surface area (Å²) >= 11 is 0. The molecule has 4 atom stereocenters. The molecule has 4 aliphatic carbocycles. The van der Waals surface area contributed by atoms with Crippen molar-refractivity contribution >= 4 is 0 Å². The van der Waals surface area contributed by atoms with Crippen molar-refractivity contribution < 1.29 is 0 Å². The average Bonchev–Trinajstić information content (AvgIpc) is 2.86. The Morgan fingerprint density at radius 2 is 1.88 bits per heavy atom. The fraction of sp³-hybridized carbons (Fsp3) is 0.765. The molecule has 0 saturated heterocycles. The van der Waals surface area contributed by atoms with E-state index in [2.05, 4.69) is 12.2 Å².